The Morgan fingerprint density at radius 3 is 2.26 bits per heavy atom. The van der Waals surface area contributed by atoms with Gasteiger partial charge in [-0.1, -0.05) is 29.3 Å². The van der Waals surface area contributed by atoms with Gasteiger partial charge in [0.2, 0.25) is 0 Å². The maximum atomic E-state index is 5.62. The molecule has 2 aromatic rings. The van der Waals surface area contributed by atoms with E-state index >= 15 is 0 Å². The molecule has 0 saturated carbocycles. The van der Waals surface area contributed by atoms with Crippen molar-refractivity contribution in [2.45, 2.75) is 40.7 Å². The molecule has 3 heteroatoms. The average Bonchev–Trinajstić information content (AvgIpc) is 2.56. The minimum absolute atomic E-state index is 0.630. The van der Waals surface area contributed by atoms with Gasteiger partial charge in [0.05, 0.1) is 12.2 Å². The van der Waals surface area contributed by atoms with Gasteiger partial charge in [-0.15, -0.1) is 0 Å². The van der Waals surface area contributed by atoms with Gasteiger partial charge in [0.25, 0.3) is 0 Å². The van der Waals surface area contributed by atoms with Crippen LogP contribution in [0.4, 0.5) is 0 Å². The van der Waals surface area contributed by atoms with Crippen molar-refractivity contribution in [2.75, 3.05) is 6.54 Å². The molecule has 0 saturated heterocycles. The topological polar surface area (TPSA) is 43.8 Å². The molecular weight excluding hydrogens is 234 g/mol. The minimum atomic E-state index is 0.630. The Bertz CT molecular complexity index is 562. The average molecular weight is 257 g/mol. The number of rotatable bonds is 4. The van der Waals surface area contributed by atoms with Crippen LogP contribution in [0.15, 0.2) is 18.2 Å². The van der Waals surface area contributed by atoms with Crippen LogP contribution < -0.4 is 5.73 Å². The van der Waals surface area contributed by atoms with E-state index in [0.717, 1.165) is 18.7 Å². The summed E-state index contributed by atoms with van der Waals surface area (Å²) in [5.74, 6) is 0. The summed E-state index contributed by atoms with van der Waals surface area (Å²) in [6.45, 7) is 9.93. The number of nitrogens with zero attached hydrogens (tertiary/aromatic N) is 2. The molecule has 0 fully saturated rings. The van der Waals surface area contributed by atoms with E-state index < -0.39 is 0 Å². The third-order valence-corrected chi connectivity index (χ3v) is 3.53. The number of aryl methyl sites for hydroxylation is 3. The van der Waals surface area contributed by atoms with Crippen molar-refractivity contribution in [1.29, 1.82) is 0 Å². The molecule has 0 amide bonds. The molecule has 0 radical (unpaired) electrons. The molecule has 2 rings (SSSR count). The Hall–Kier alpha value is -1.61. The number of hydrogen-bond donors (Lipinski definition) is 1. The third kappa shape index (κ3) is 3.04. The molecule has 1 aromatic heterocycles. The van der Waals surface area contributed by atoms with Crippen LogP contribution in [0.2, 0.25) is 0 Å². The highest BCUT2D eigenvalue weighted by Gasteiger charge is 2.11. The summed E-state index contributed by atoms with van der Waals surface area (Å²) in [7, 11) is 0. The van der Waals surface area contributed by atoms with Crippen molar-refractivity contribution < 1.29 is 0 Å². The van der Waals surface area contributed by atoms with Gasteiger partial charge in [0, 0.05) is 24.2 Å². The van der Waals surface area contributed by atoms with Crippen LogP contribution in [-0.4, -0.2) is 16.3 Å². The summed E-state index contributed by atoms with van der Waals surface area (Å²) in [5, 5.41) is 4.58. The van der Waals surface area contributed by atoms with Crippen LogP contribution >= 0.6 is 0 Å². The number of benzene rings is 1. The molecule has 0 aliphatic heterocycles. The van der Waals surface area contributed by atoms with Crippen LogP contribution in [0.1, 0.15) is 33.6 Å². The molecule has 1 heterocycles. The van der Waals surface area contributed by atoms with Crippen LogP contribution in [0.3, 0.4) is 0 Å². The first kappa shape index (κ1) is 13.8. The maximum Gasteiger partial charge on any atom is 0.0631 e. The van der Waals surface area contributed by atoms with Crippen molar-refractivity contribution in [3.63, 3.8) is 0 Å². The molecule has 0 unspecified atom stereocenters. The first-order chi connectivity index (χ1) is 9.01. The smallest absolute Gasteiger partial charge is 0.0631 e. The van der Waals surface area contributed by atoms with Gasteiger partial charge < -0.3 is 5.73 Å². The Morgan fingerprint density at radius 1 is 1.05 bits per heavy atom. The lowest BCUT2D eigenvalue weighted by Gasteiger charge is -2.06. The van der Waals surface area contributed by atoms with Crippen LogP contribution in [0.25, 0.3) is 0 Å². The SMILES string of the molecule is Cc1cc(C)cc(Cc2c(C)nn(CCN)c2C)c1. The lowest BCUT2D eigenvalue weighted by Crippen LogP contribution is -2.12. The zero-order chi connectivity index (χ0) is 14.0. The van der Waals surface area contributed by atoms with Crippen LogP contribution in [0, 0.1) is 27.7 Å². The number of aromatic nitrogens is 2. The van der Waals surface area contributed by atoms with Gasteiger partial charge >= 0.3 is 0 Å². The van der Waals surface area contributed by atoms with E-state index in [1.54, 1.807) is 0 Å². The zero-order valence-electron chi connectivity index (χ0n) is 12.3. The summed E-state index contributed by atoms with van der Waals surface area (Å²) < 4.78 is 2.02. The molecule has 2 N–H and O–H groups in total. The molecule has 102 valence electrons. The Labute approximate surface area is 115 Å². The Morgan fingerprint density at radius 2 is 1.68 bits per heavy atom. The highest BCUT2D eigenvalue weighted by atomic mass is 15.3. The van der Waals surface area contributed by atoms with E-state index in [2.05, 4.69) is 51.0 Å². The lowest BCUT2D eigenvalue weighted by atomic mass is 10.00. The van der Waals surface area contributed by atoms with Gasteiger partial charge in [0.15, 0.2) is 0 Å². The molecule has 0 spiro atoms. The van der Waals surface area contributed by atoms with E-state index in [1.807, 2.05) is 4.68 Å². The van der Waals surface area contributed by atoms with Crippen LogP contribution in [0.5, 0.6) is 0 Å². The molecule has 0 atom stereocenters. The second-order valence-corrected chi connectivity index (χ2v) is 5.33. The van der Waals surface area contributed by atoms with E-state index in [-0.39, 0.29) is 0 Å². The molecule has 0 aliphatic carbocycles. The highest BCUT2D eigenvalue weighted by Crippen LogP contribution is 2.19. The molecule has 0 bridgehead atoms. The van der Waals surface area contributed by atoms with Crippen LogP contribution in [-0.2, 0) is 13.0 Å². The monoisotopic (exact) mass is 257 g/mol. The van der Waals surface area contributed by atoms with Crippen molar-refractivity contribution in [2.24, 2.45) is 5.73 Å². The van der Waals surface area contributed by atoms with Gasteiger partial charge in [-0.25, -0.2) is 0 Å². The van der Waals surface area contributed by atoms with Gasteiger partial charge in [0.1, 0.15) is 0 Å². The van der Waals surface area contributed by atoms with Gasteiger partial charge in [-0.2, -0.15) is 5.10 Å². The predicted octanol–water partition coefficient (Wildman–Crippen LogP) is 2.67. The van der Waals surface area contributed by atoms with Crippen molar-refractivity contribution in [3.8, 4) is 0 Å². The predicted molar refractivity (Wildman–Crippen MR) is 79.5 cm³/mol. The van der Waals surface area contributed by atoms with E-state index in [9.17, 15) is 0 Å². The van der Waals surface area contributed by atoms with E-state index in [0.29, 0.717) is 6.54 Å². The van der Waals surface area contributed by atoms with E-state index in [1.165, 1.54) is 27.9 Å². The first-order valence-corrected chi connectivity index (χ1v) is 6.81. The largest absolute Gasteiger partial charge is 0.329 e. The fourth-order valence-corrected chi connectivity index (χ4v) is 2.71. The molecule has 1 aromatic carbocycles. The van der Waals surface area contributed by atoms with Crippen molar-refractivity contribution >= 4 is 0 Å². The van der Waals surface area contributed by atoms with E-state index in [4.69, 9.17) is 5.73 Å². The molecule has 0 aliphatic rings. The summed E-state index contributed by atoms with van der Waals surface area (Å²) in [4.78, 5) is 0. The normalized spacial score (nSPS) is 11.0. The van der Waals surface area contributed by atoms with Crippen molar-refractivity contribution in [1.82, 2.24) is 9.78 Å². The minimum Gasteiger partial charge on any atom is -0.329 e. The van der Waals surface area contributed by atoms with Gasteiger partial charge in [-0.05, 0) is 33.3 Å². The Kier molecular flexibility index (Phi) is 4.05. The summed E-state index contributed by atoms with van der Waals surface area (Å²) in [6, 6.07) is 6.72. The second kappa shape index (κ2) is 5.57. The lowest BCUT2D eigenvalue weighted by molar-refractivity contribution is 0.603. The number of hydrogen-bond acceptors (Lipinski definition) is 2. The van der Waals surface area contributed by atoms with Crippen molar-refractivity contribution in [3.05, 3.63) is 51.8 Å². The highest BCUT2D eigenvalue weighted by molar-refractivity contribution is 5.35. The quantitative estimate of drug-likeness (QED) is 0.915. The standard InChI is InChI=1S/C16H23N3/c1-11-7-12(2)9-15(8-11)10-16-13(3)18-19(6-5-17)14(16)4/h7-9H,5-6,10,17H2,1-4H3. The zero-order valence-corrected chi connectivity index (χ0v) is 12.3. The molecule has 3 nitrogen and oxygen atoms in total. The third-order valence-electron chi connectivity index (χ3n) is 3.53. The molecule has 19 heavy (non-hydrogen) atoms. The summed E-state index contributed by atoms with van der Waals surface area (Å²) in [5.41, 5.74) is 13.3. The maximum absolute atomic E-state index is 5.62. The fourth-order valence-electron chi connectivity index (χ4n) is 2.71. The first-order valence-electron chi connectivity index (χ1n) is 6.81. The second-order valence-electron chi connectivity index (χ2n) is 5.33. The van der Waals surface area contributed by atoms with Gasteiger partial charge in [-0.3, -0.25) is 4.68 Å². The summed E-state index contributed by atoms with van der Waals surface area (Å²) >= 11 is 0. The fraction of sp³-hybridized carbons (Fsp3) is 0.438. The molecular formula is C16H23N3. The Balaban J connectivity index is 2.32. The number of nitrogens with two attached hydrogens (primary N) is 1. The summed E-state index contributed by atoms with van der Waals surface area (Å²) in [6.07, 6.45) is 0.949.